The van der Waals surface area contributed by atoms with Gasteiger partial charge in [-0.15, -0.1) is 0 Å². The molecule has 1 rings (SSSR count). The van der Waals surface area contributed by atoms with Gasteiger partial charge < -0.3 is 20.3 Å². The molecule has 0 aliphatic carbocycles. The van der Waals surface area contributed by atoms with E-state index in [1.807, 2.05) is 30.3 Å². The second-order valence-electron chi connectivity index (χ2n) is 4.00. The lowest BCUT2D eigenvalue weighted by molar-refractivity contribution is -0.0473. The third kappa shape index (κ3) is 4.44. The number of methoxy groups -OCH3 is 1. The summed E-state index contributed by atoms with van der Waals surface area (Å²) in [5.41, 5.74) is 5.31. The monoisotopic (exact) mass is 239 g/mol. The number of ether oxygens (including phenoxy) is 2. The Kier molecular flexibility index (Phi) is 6.15. The third-order valence-electron chi connectivity index (χ3n) is 2.63. The van der Waals surface area contributed by atoms with Gasteiger partial charge in [0, 0.05) is 26.9 Å². The summed E-state index contributed by atoms with van der Waals surface area (Å²) in [4.78, 5) is 0. The fourth-order valence-corrected chi connectivity index (χ4v) is 1.55. The highest BCUT2D eigenvalue weighted by atomic mass is 16.5. The number of hydrogen-bond acceptors (Lipinski definition) is 4. The maximum atomic E-state index is 10.4. The molecular formula is C13H21NO3. The second-order valence-corrected chi connectivity index (χ2v) is 4.00. The van der Waals surface area contributed by atoms with Gasteiger partial charge in [0.1, 0.15) is 5.60 Å². The van der Waals surface area contributed by atoms with Crippen LogP contribution in [0.4, 0.5) is 0 Å². The molecule has 0 saturated heterocycles. The van der Waals surface area contributed by atoms with Gasteiger partial charge in [-0.05, 0) is 12.0 Å². The summed E-state index contributed by atoms with van der Waals surface area (Å²) in [6.45, 7) is 1.56. The highest BCUT2D eigenvalue weighted by Gasteiger charge is 2.27. The fourth-order valence-electron chi connectivity index (χ4n) is 1.55. The van der Waals surface area contributed by atoms with Crippen LogP contribution in [0.5, 0.6) is 0 Å². The van der Waals surface area contributed by atoms with Gasteiger partial charge in [0.2, 0.25) is 0 Å². The van der Waals surface area contributed by atoms with E-state index >= 15 is 0 Å². The molecule has 1 aromatic carbocycles. The van der Waals surface area contributed by atoms with Gasteiger partial charge >= 0.3 is 0 Å². The first kappa shape index (κ1) is 14.1. The molecule has 0 heterocycles. The molecule has 17 heavy (non-hydrogen) atoms. The predicted octanol–water partition coefficient (Wildman–Crippen LogP) is 0.886. The van der Waals surface area contributed by atoms with Crippen LogP contribution < -0.4 is 5.73 Å². The van der Waals surface area contributed by atoms with Gasteiger partial charge in [0.05, 0.1) is 6.61 Å². The first-order valence-electron chi connectivity index (χ1n) is 5.77. The molecule has 0 amide bonds. The van der Waals surface area contributed by atoms with Crippen LogP contribution in [0.2, 0.25) is 0 Å². The quantitative estimate of drug-likeness (QED) is 0.661. The normalized spacial score (nSPS) is 14.5. The molecule has 0 radical (unpaired) electrons. The Morgan fingerprint density at radius 2 is 1.94 bits per heavy atom. The molecule has 3 N–H and O–H groups in total. The summed E-state index contributed by atoms with van der Waals surface area (Å²) >= 11 is 0. The summed E-state index contributed by atoms with van der Waals surface area (Å²) in [5, 5.41) is 10.4. The molecule has 1 unspecified atom stereocenters. The van der Waals surface area contributed by atoms with Crippen LogP contribution in [0, 0.1) is 0 Å². The topological polar surface area (TPSA) is 64.7 Å². The van der Waals surface area contributed by atoms with E-state index in [-0.39, 0.29) is 13.2 Å². The Labute approximate surface area is 102 Å². The lowest BCUT2D eigenvalue weighted by atomic mass is 9.95. The molecular weight excluding hydrogens is 218 g/mol. The van der Waals surface area contributed by atoms with Crippen LogP contribution in [0.25, 0.3) is 0 Å². The van der Waals surface area contributed by atoms with E-state index in [0.29, 0.717) is 13.2 Å². The zero-order chi connectivity index (χ0) is 12.6. The molecule has 96 valence electrons. The Morgan fingerprint density at radius 3 is 2.53 bits per heavy atom. The number of aliphatic hydroxyl groups is 1. The lowest BCUT2D eigenvalue weighted by Gasteiger charge is -2.26. The van der Waals surface area contributed by atoms with Crippen molar-refractivity contribution in [3.63, 3.8) is 0 Å². The van der Waals surface area contributed by atoms with Crippen molar-refractivity contribution in [3.05, 3.63) is 35.9 Å². The standard InChI is InChI=1S/C13H21NO3/c1-16-8-5-9-17-11-13(15,10-14)12-6-3-2-4-7-12/h2-4,6-7,15H,5,8-11,14H2,1H3. The molecule has 0 aromatic heterocycles. The third-order valence-corrected chi connectivity index (χ3v) is 2.63. The summed E-state index contributed by atoms with van der Waals surface area (Å²) in [5.74, 6) is 0. The molecule has 0 aliphatic rings. The smallest absolute Gasteiger partial charge is 0.125 e. The SMILES string of the molecule is COCCCOCC(O)(CN)c1ccccc1. The number of nitrogens with two attached hydrogens (primary N) is 1. The highest BCUT2D eigenvalue weighted by molar-refractivity contribution is 5.22. The first-order valence-corrected chi connectivity index (χ1v) is 5.77. The van der Waals surface area contributed by atoms with Crippen LogP contribution in [-0.4, -0.2) is 38.6 Å². The van der Waals surface area contributed by atoms with E-state index in [2.05, 4.69) is 0 Å². The molecule has 0 fully saturated rings. The van der Waals surface area contributed by atoms with E-state index in [4.69, 9.17) is 15.2 Å². The molecule has 4 heteroatoms. The van der Waals surface area contributed by atoms with E-state index in [1.165, 1.54) is 0 Å². The zero-order valence-electron chi connectivity index (χ0n) is 10.3. The van der Waals surface area contributed by atoms with E-state index in [9.17, 15) is 5.11 Å². The van der Waals surface area contributed by atoms with E-state index < -0.39 is 5.60 Å². The molecule has 1 aromatic rings. The summed E-state index contributed by atoms with van der Waals surface area (Å²) in [6, 6.07) is 9.36. The van der Waals surface area contributed by atoms with Gasteiger partial charge in [-0.25, -0.2) is 0 Å². The minimum atomic E-state index is -1.10. The van der Waals surface area contributed by atoms with Crippen LogP contribution in [-0.2, 0) is 15.1 Å². The highest BCUT2D eigenvalue weighted by Crippen LogP contribution is 2.19. The summed E-state index contributed by atoms with van der Waals surface area (Å²) < 4.78 is 10.4. The molecule has 4 nitrogen and oxygen atoms in total. The molecule has 0 saturated carbocycles. The van der Waals surface area contributed by atoms with Crippen molar-refractivity contribution in [1.29, 1.82) is 0 Å². The lowest BCUT2D eigenvalue weighted by Crippen LogP contribution is -2.39. The van der Waals surface area contributed by atoms with Gasteiger partial charge in [-0.1, -0.05) is 30.3 Å². The molecule has 0 aliphatic heterocycles. The van der Waals surface area contributed by atoms with Crippen molar-refractivity contribution in [2.75, 3.05) is 33.5 Å². The van der Waals surface area contributed by atoms with Crippen molar-refractivity contribution in [2.24, 2.45) is 5.73 Å². The van der Waals surface area contributed by atoms with Crippen LogP contribution >= 0.6 is 0 Å². The van der Waals surface area contributed by atoms with Crippen molar-refractivity contribution < 1.29 is 14.6 Å². The number of hydrogen-bond donors (Lipinski definition) is 2. The minimum absolute atomic E-state index is 0.140. The van der Waals surface area contributed by atoms with Crippen molar-refractivity contribution in [3.8, 4) is 0 Å². The molecule has 1 atom stereocenters. The number of benzene rings is 1. The van der Waals surface area contributed by atoms with Gasteiger partial charge in [-0.2, -0.15) is 0 Å². The second kappa shape index (κ2) is 7.40. The predicted molar refractivity (Wildman–Crippen MR) is 66.7 cm³/mol. The zero-order valence-corrected chi connectivity index (χ0v) is 10.3. The Balaban J connectivity index is 2.46. The van der Waals surface area contributed by atoms with Crippen LogP contribution in [0.3, 0.4) is 0 Å². The first-order chi connectivity index (χ1) is 8.23. The van der Waals surface area contributed by atoms with Crippen molar-refractivity contribution >= 4 is 0 Å². The largest absolute Gasteiger partial charge is 0.385 e. The number of rotatable bonds is 8. The Morgan fingerprint density at radius 1 is 1.24 bits per heavy atom. The van der Waals surface area contributed by atoms with Crippen LogP contribution in [0.1, 0.15) is 12.0 Å². The average molecular weight is 239 g/mol. The maximum absolute atomic E-state index is 10.4. The van der Waals surface area contributed by atoms with E-state index in [1.54, 1.807) is 7.11 Å². The average Bonchev–Trinajstić information content (AvgIpc) is 2.39. The van der Waals surface area contributed by atoms with Gasteiger partial charge in [0.15, 0.2) is 0 Å². The molecule has 0 bridgehead atoms. The minimum Gasteiger partial charge on any atom is -0.385 e. The van der Waals surface area contributed by atoms with Crippen molar-refractivity contribution in [2.45, 2.75) is 12.0 Å². The van der Waals surface area contributed by atoms with E-state index in [0.717, 1.165) is 12.0 Å². The Bertz CT molecular complexity index is 305. The summed E-state index contributed by atoms with van der Waals surface area (Å²) in [7, 11) is 1.65. The van der Waals surface area contributed by atoms with Crippen molar-refractivity contribution in [1.82, 2.24) is 0 Å². The molecule has 0 spiro atoms. The van der Waals surface area contributed by atoms with Crippen LogP contribution in [0.15, 0.2) is 30.3 Å². The van der Waals surface area contributed by atoms with Gasteiger partial charge in [-0.3, -0.25) is 0 Å². The fraction of sp³-hybridized carbons (Fsp3) is 0.538. The Hall–Kier alpha value is -0.940. The maximum Gasteiger partial charge on any atom is 0.125 e. The summed E-state index contributed by atoms with van der Waals surface area (Å²) in [6.07, 6.45) is 0.811. The van der Waals surface area contributed by atoms with Gasteiger partial charge in [0.25, 0.3) is 0 Å².